The molecule has 1 N–H and O–H groups in total. The number of anilines is 1. The number of carbonyl (C=O) groups is 2. The number of carboxylic acid groups (broad SMARTS) is 1. The number of methoxy groups -OCH3 is 2. The molecule has 0 radical (unpaired) electrons. The van der Waals surface area contributed by atoms with E-state index in [9.17, 15) is 14.7 Å². The summed E-state index contributed by atoms with van der Waals surface area (Å²) in [6.07, 6.45) is -0.560. The van der Waals surface area contributed by atoms with Crippen molar-refractivity contribution in [2.75, 3.05) is 33.2 Å². The normalized spacial score (nSPS) is 17.5. The van der Waals surface area contributed by atoms with Gasteiger partial charge in [-0.2, -0.15) is 0 Å². The molecule has 2 aromatic rings. The SMILES string of the molecule is COc1cc2c(cc1OC)N(C(=O)N(C)C)C(C)CC2N(Cc1ccccc1)C(=O)O. The number of ether oxygens (including phenoxy) is 2. The van der Waals surface area contributed by atoms with Crippen LogP contribution in [0.1, 0.15) is 30.5 Å². The van der Waals surface area contributed by atoms with E-state index in [1.165, 1.54) is 24.0 Å². The zero-order valence-corrected chi connectivity index (χ0v) is 18.5. The highest BCUT2D eigenvalue weighted by Gasteiger charge is 2.39. The summed E-state index contributed by atoms with van der Waals surface area (Å²) in [4.78, 5) is 29.9. The molecule has 2 aromatic carbocycles. The first-order chi connectivity index (χ1) is 14.8. The molecule has 1 aliphatic heterocycles. The van der Waals surface area contributed by atoms with Crippen LogP contribution in [0.4, 0.5) is 15.3 Å². The van der Waals surface area contributed by atoms with Crippen molar-refractivity contribution >= 4 is 17.8 Å². The van der Waals surface area contributed by atoms with Crippen LogP contribution in [0, 0.1) is 0 Å². The Labute approximate surface area is 182 Å². The van der Waals surface area contributed by atoms with Gasteiger partial charge in [0, 0.05) is 38.3 Å². The molecule has 0 saturated heterocycles. The number of hydrogen-bond donors (Lipinski definition) is 1. The van der Waals surface area contributed by atoms with Gasteiger partial charge in [0.1, 0.15) is 0 Å². The van der Waals surface area contributed by atoms with Crippen molar-refractivity contribution in [2.24, 2.45) is 0 Å². The summed E-state index contributed by atoms with van der Waals surface area (Å²) in [5, 5.41) is 10.1. The van der Waals surface area contributed by atoms with Gasteiger partial charge >= 0.3 is 12.1 Å². The molecule has 1 heterocycles. The van der Waals surface area contributed by atoms with Crippen LogP contribution in [0.5, 0.6) is 11.5 Å². The van der Waals surface area contributed by atoms with Gasteiger partial charge in [-0.1, -0.05) is 30.3 Å². The molecule has 3 rings (SSSR count). The lowest BCUT2D eigenvalue weighted by atomic mass is 9.90. The summed E-state index contributed by atoms with van der Waals surface area (Å²) < 4.78 is 10.9. The van der Waals surface area contributed by atoms with Crippen molar-refractivity contribution < 1.29 is 24.2 Å². The van der Waals surface area contributed by atoms with Crippen LogP contribution in [-0.2, 0) is 6.54 Å². The first-order valence-corrected chi connectivity index (χ1v) is 10.1. The van der Waals surface area contributed by atoms with E-state index < -0.39 is 12.1 Å². The Balaban J connectivity index is 2.14. The van der Waals surface area contributed by atoms with Gasteiger partial charge < -0.3 is 19.5 Å². The van der Waals surface area contributed by atoms with E-state index >= 15 is 0 Å². The van der Waals surface area contributed by atoms with Crippen molar-refractivity contribution in [1.82, 2.24) is 9.80 Å². The molecular formula is C23H29N3O5. The Bertz CT molecular complexity index is 948. The fourth-order valence-corrected chi connectivity index (χ4v) is 4.05. The van der Waals surface area contributed by atoms with E-state index in [2.05, 4.69) is 0 Å². The molecule has 0 fully saturated rings. The van der Waals surface area contributed by atoms with Gasteiger partial charge in [-0.3, -0.25) is 9.80 Å². The Morgan fingerprint density at radius 3 is 2.26 bits per heavy atom. The van der Waals surface area contributed by atoms with Gasteiger partial charge in [-0.05, 0) is 25.0 Å². The second kappa shape index (κ2) is 9.16. The number of amides is 3. The minimum absolute atomic E-state index is 0.177. The molecule has 31 heavy (non-hydrogen) atoms. The summed E-state index contributed by atoms with van der Waals surface area (Å²) in [5.41, 5.74) is 2.23. The molecule has 2 unspecified atom stereocenters. The average molecular weight is 428 g/mol. The Morgan fingerprint density at radius 1 is 1.10 bits per heavy atom. The van der Waals surface area contributed by atoms with E-state index in [1.54, 1.807) is 31.1 Å². The zero-order chi connectivity index (χ0) is 22.7. The number of hydrogen-bond acceptors (Lipinski definition) is 4. The average Bonchev–Trinajstić information content (AvgIpc) is 2.76. The number of carbonyl (C=O) groups excluding carboxylic acids is 1. The maximum Gasteiger partial charge on any atom is 0.408 e. The first kappa shape index (κ1) is 22.3. The molecule has 1 aliphatic rings. The third kappa shape index (κ3) is 4.38. The number of fused-ring (bicyclic) bond motifs is 1. The maximum absolute atomic E-state index is 13.0. The third-order valence-electron chi connectivity index (χ3n) is 5.56. The highest BCUT2D eigenvalue weighted by Crippen LogP contribution is 2.46. The van der Waals surface area contributed by atoms with Gasteiger partial charge in [0.25, 0.3) is 0 Å². The van der Waals surface area contributed by atoms with Crippen LogP contribution in [0.3, 0.4) is 0 Å². The standard InChI is InChI=1S/C23H29N3O5/c1-15-11-18(25(23(28)29)14-16-9-7-6-8-10-16)17-12-20(30-4)21(31-5)13-19(17)26(15)22(27)24(2)3/h6-10,12-13,15,18H,11,14H2,1-5H3,(H,28,29). The monoisotopic (exact) mass is 427 g/mol. The molecule has 0 bridgehead atoms. The van der Waals surface area contributed by atoms with Gasteiger partial charge in [-0.25, -0.2) is 9.59 Å². The van der Waals surface area contributed by atoms with E-state index in [-0.39, 0.29) is 18.6 Å². The van der Waals surface area contributed by atoms with Gasteiger partial charge in [-0.15, -0.1) is 0 Å². The second-order valence-electron chi connectivity index (χ2n) is 7.81. The summed E-state index contributed by atoms with van der Waals surface area (Å²) in [5.74, 6) is 0.971. The molecule has 166 valence electrons. The highest BCUT2D eigenvalue weighted by molar-refractivity contribution is 5.94. The van der Waals surface area contributed by atoms with Crippen molar-refractivity contribution in [3.8, 4) is 11.5 Å². The lowest BCUT2D eigenvalue weighted by Gasteiger charge is -2.43. The number of nitrogens with zero attached hydrogens (tertiary/aromatic N) is 3. The molecule has 8 heteroatoms. The molecule has 8 nitrogen and oxygen atoms in total. The van der Waals surface area contributed by atoms with Crippen LogP contribution in [0.15, 0.2) is 42.5 Å². The summed E-state index contributed by atoms with van der Waals surface area (Å²) in [6.45, 7) is 2.17. The molecule has 0 aliphatic carbocycles. The maximum atomic E-state index is 13.0. The third-order valence-corrected chi connectivity index (χ3v) is 5.56. The molecule has 3 amide bonds. The van der Waals surface area contributed by atoms with E-state index in [0.717, 1.165) is 5.56 Å². The summed E-state index contributed by atoms with van der Waals surface area (Å²) in [6, 6.07) is 12.2. The largest absolute Gasteiger partial charge is 0.493 e. The molecule has 0 aromatic heterocycles. The van der Waals surface area contributed by atoms with Crippen LogP contribution < -0.4 is 14.4 Å². The smallest absolute Gasteiger partial charge is 0.408 e. The van der Waals surface area contributed by atoms with Crippen molar-refractivity contribution in [3.63, 3.8) is 0 Å². The topological polar surface area (TPSA) is 82.6 Å². The van der Waals surface area contributed by atoms with Crippen LogP contribution in [-0.4, -0.2) is 61.4 Å². The molecule has 2 atom stereocenters. The first-order valence-electron chi connectivity index (χ1n) is 10.1. The Kier molecular flexibility index (Phi) is 6.58. The summed E-state index contributed by atoms with van der Waals surface area (Å²) >= 11 is 0. The zero-order valence-electron chi connectivity index (χ0n) is 18.5. The van der Waals surface area contributed by atoms with Crippen molar-refractivity contribution in [2.45, 2.75) is 32.0 Å². The quantitative estimate of drug-likeness (QED) is 0.773. The van der Waals surface area contributed by atoms with Crippen LogP contribution >= 0.6 is 0 Å². The predicted octanol–water partition coefficient (Wildman–Crippen LogP) is 4.21. The number of urea groups is 1. The number of benzene rings is 2. The molecule has 0 saturated carbocycles. The summed E-state index contributed by atoms with van der Waals surface area (Å²) in [7, 11) is 6.46. The van der Waals surface area contributed by atoms with Crippen LogP contribution in [0.25, 0.3) is 0 Å². The van der Waals surface area contributed by atoms with Crippen molar-refractivity contribution in [3.05, 3.63) is 53.6 Å². The predicted molar refractivity (Wildman–Crippen MR) is 118 cm³/mol. The fourth-order valence-electron chi connectivity index (χ4n) is 4.05. The van der Waals surface area contributed by atoms with Gasteiger partial charge in [0.15, 0.2) is 11.5 Å². The minimum Gasteiger partial charge on any atom is -0.493 e. The minimum atomic E-state index is -1.02. The second-order valence-corrected chi connectivity index (χ2v) is 7.81. The fraction of sp³-hybridized carbons (Fsp3) is 0.391. The van der Waals surface area contributed by atoms with Gasteiger partial charge in [0.2, 0.25) is 0 Å². The van der Waals surface area contributed by atoms with E-state index in [4.69, 9.17) is 9.47 Å². The number of rotatable bonds is 5. The Hall–Kier alpha value is -3.42. The molecule has 0 spiro atoms. The Morgan fingerprint density at radius 2 is 1.71 bits per heavy atom. The van der Waals surface area contributed by atoms with E-state index in [0.29, 0.717) is 29.2 Å². The van der Waals surface area contributed by atoms with Crippen molar-refractivity contribution in [1.29, 1.82) is 0 Å². The van der Waals surface area contributed by atoms with E-state index in [1.807, 2.05) is 37.3 Å². The van der Waals surface area contributed by atoms with Gasteiger partial charge in [0.05, 0.1) is 25.9 Å². The lowest BCUT2D eigenvalue weighted by Crippen LogP contribution is -2.50. The highest BCUT2D eigenvalue weighted by atomic mass is 16.5. The van der Waals surface area contributed by atoms with Crippen LogP contribution in [0.2, 0.25) is 0 Å². The molecular weight excluding hydrogens is 398 g/mol. The lowest BCUT2D eigenvalue weighted by molar-refractivity contribution is 0.113.